The standard InChI is InChI=1S/C30H35F3N2O3/c1-4-16-35-17-15-28(23-8-6-10-26(19-23)37-2)20-25(13-14-29(28,21-35)38-3)34-27(36)12-11-22-7-5-9-24(18-22)30(31,32)33/h4-12,18-19,25H,1,13-17,20-21H2,2-3H3,(H,34,36)/b12-11+. The first-order valence-electron chi connectivity index (χ1n) is 12.8. The van der Waals surface area contributed by atoms with Crippen molar-refractivity contribution in [3.8, 4) is 5.75 Å². The van der Waals surface area contributed by atoms with Crippen molar-refractivity contribution in [2.24, 2.45) is 0 Å². The van der Waals surface area contributed by atoms with Gasteiger partial charge in [-0.3, -0.25) is 9.69 Å². The molecule has 4 rings (SSSR count). The molecule has 1 saturated carbocycles. The lowest BCUT2D eigenvalue weighted by molar-refractivity contribution is -0.148. The Hall–Kier alpha value is -3.10. The third-order valence-corrected chi connectivity index (χ3v) is 8.09. The van der Waals surface area contributed by atoms with Crippen LogP contribution >= 0.6 is 0 Å². The number of hydrogen-bond acceptors (Lipinski definition) is 4. The first kappa shape index (κ1) is 27.9. The lowest BCUT2D eigenvalue weighted by Crippen LogP contribution is -2.67. The maximum Gasteiger partial charge on any atom is 0.416 e. The Morgan fingerprint density at radius 2 is 1.97 bits per heavy atom. The minimum Gasteiger partial charge on any atom is -0.497 e. The van der Waals surface area contributed by atoms with E-state index in [0.717, 1.165) is 62.3 Å². The van der Waals surface area contributed by atoms with Gasteiger partial charge in [-0.25, -0.2) is 0 Å². The minimum absolute atomic E-state index is 0.117. The molecule has 1 amide bonds. The van der Waals surface area contributed by atoms with Crippen LogP contribution in [0.3, 0.4) is 0 Å². The predicted octanol–water partition coefficient (Wildman–Crippen LogP) is 5.61. The Labute approximate surface area is 222 Å². The van der Waals surface area contributed by atoms with Gasteiger partial charge in [0.1, 0.15) is 5.75 Å². The number of methoxy groups -OCH3 is 2. The van der Waals surface area contributed by atoms with Crippen LogP contribution in [0.25, 0.3) is 6.08 Å². The summed E-state index contributed by atoms with van der Waals surface area (Å²) in [5.41, 5.74) is -0.105. The second kappa shape index (κ2) is 11.3. The largest absolute Gasteiger partial charge is 0.497 e. The van der Waals surface area contributed by atoms with Gasteiger partial charge in [0.15, 0.2) is 0 Å². The normalized spacial score (nSPS) is 26.1. The first-order chi connectivity index (χ1) is 18.1. The summed E-state index contributed by atoms with van der Waals surface area (Å²) < 4.78 is 51.0. The van der Waals surface area contributed by atoms with Crippen molar-refractivity contribution in [1.29, 1.82) is 0 Å². The van der Waals surface area contributed by atoms with E-state index in [9.17, 15) is 18.0 Å². The number of alkyl halides is 3. The van der Waals surface area contributed by atoms with Gasteiger partial charge < -0.3 is 14.8 Å². The van der Waals surface area contributed by atoms with Crippen LogP contribution in [0.1, 0.15) is 42.4 Å². The van der Waals surface area contributed by atoms with Gasteiger partial charge in [-0.15, -0.1) is 6.58 Å². The quantitative estimate of drug-likeness (QED) is 0.358. The number of fused-ring (bicyclic) bond motifs is 1. The Morgan fingerprint density at radius 3 is 2.68 bits per heavy atom. The summed E-state index contributed by atoms with van der Waals surface area (Å²) in [4.78, 5) is 15.2. The SMILES string of the molecule is C=CCN1CCC2(c3cccc(OC)c3)CC(NC(=O)/C=C/c3cccc(C(F)(F)F)c3)CCC2(OC)C1. The summed E-state index contributed by atoms with van der Waals surface area (Å²) >= 11 is 0. The molecule has 204 valence electrons. The average Bonchev–Trinajstić information content (AvgIpc) is 2.92. The molecule has 2 aromatic carbocycles. The highest BCUT2D eigenvalue weighted by Gasteiger charge is 2.58. The summed E-state index contributed by atoms with van der Waals surface area (Å²) in [5, 5.41) is 3.10. The van der Waals surface area contributed by atoms with Crippen LogP contribution in [0.5, 0.6) is 5.75 Å². The topological polar surface area (TPSA) is 50.8 Å². The van der Waals surface area contributed by atoms with Crippen molar-refractivity contribution in [3.63, 3.8) is 0 Å². The molecule has 3 atom stereocenters. The smallest absolute Gasteiger partial charge is 0.416 e. The van der Waals surface area contributed by atoms with Gasteiger partial charge in [0, 0.05) is 37.7 Å². The number of amides is 1. The van der Waals surface area contributed by atoms with Crippen molar-refractivity contribution in [2.75, 3.05) is 33.9 Å². The highest BCUT2D eigenvalue weighted by atomic mass is 19.4. The summed E-state index contributed by atoms with van der Waals surface area (Å²) in [6, 6.07) is 12.9. The first-order valence-corrected chi connectivity index (χ1v) is 12.8. The summed E-state index contributed by atoms with van der Waals surface area (Å²) in [5.74, 6) is 0.438. The lowest BCUT2D eigenvalue weighted by Gasteiger charge is -2.59. The third-order valence-electron chi connectivity index (χ3n) is 8.09. The molecule has 1 N–H and O–H groups in total. The van der Waals surface area contributed by atoms with Gasteiger partial charge in [-0.1, -0.05) is 30.3 Å². The van der Waals surface area contributed by atoms with E-state index in [1.54, 1.807) is 20.3 Å². The number of carbonyl (C=O) groups is 1. The zero-order valence-electron chi connectivity index (χ0n) is 21.9. The van der Waals surface area contributed by atoms with E-state index in [4.69, 9.17) is 9.47 Å². The summed E-state index contributed by atoms with van der Waals surface area (Å²) in [6.07, 6.45) is 3.19. The molecular weight excluding hydrogens is 493 g/mol. The molecular formula is C30H35F3N2O3. The van der Waals surface area contributed by atoms with Crippen molar-refractivity contribution < 1.29 is 27.4 Å². The summed E-state index contributed by atoms with van der Waals surface area (Å²) in [7, 11) is 3.41. The highest BCUT2D eigenvalue weighted by molar-refractivity contribution is 5.92. The van der Waals surface area contributed by atoms with Gasteiger partial charge in [0.25, 0.3) is 0 Å². The molecule has 8 heteroatoms. The predicted molar refractivity (Wildman–Crippen MR) is 142 cm³/mol. The van der Waals surface area contributed by atoms with E-state index in [1.165, 1.54) is 18.2 Å². The molecule has 0 spiro atoms. The number of rotatable bonds is 8. The monoisotopic (exact) mass is 528 g/mol. The van der Waals surface area contributed by atoms with E-state index >= 15 is 0 Å². The molecule has 38 heavy (non-hydrogen) atoms. The Morgan fingerprint density at radius 1 is 1.18 bits per heavy atom. The number of nitrogens with one attached hydrogen (secondary N) is 1. The van der Waals surface area contributed by atoms with Crippen molar-refractivity contribution in [2.45, 2.75) is 48.9 Å². The van der Waals surface area contributed by atoms with Crippen molar-refractivity contribution >= 4 is 12.0 Å². The van der Waals surface area contributed by atoms with Crippen LogP contribution in [0.15, 0.2) is 67.3 Å². The molecule has 1 saturated heterocycles. The Kier molecular flexibility index (Phi) is 8.33. The molecule has 2 aromatic rings. The van der Waals surface area contributed by atoms with E-state index in [1.807, 2.05) is 18.2 Å². The van der Waals surface area contributed by atoms with Crippen LogP contribution in [-0.4, -0.2) is 56.3 Å². The van der Waals surface area contributed by atoms with Crippen molar-refractivity contribution in [3.05, 3.63) is 84.0 Å². The number of likely N-dealkylation sites (tertiary alicyclic amines) is 1. The number of nitrogens with zero attached hydrogens (tertiary/aromatic N) is 1. The number of piperidine rings is 1. The molecule has 1 heterocycles. The van der Waals surface area contributed by atoms with Gasteiger partial charge in [0.2, 0.25) is 5.91 Å². The highest BCUT2D eigenvalue weighted by Crippen LogP contribution is 2.53. The van der Waals surface area contributed by atoms with Crippen LogP contribution in [0.2, 0.25) is 0 Å². The zero-order chi connectivity index (χ0) is 27.4. The average molecular weight is 529 g/mol. The molecule has 5 nitrogen and oxygen atoms in total. The van der Waals surface area contributed by atoms with E-state index in [-0.39, 0.29) is 17.4 Å². The maximum absolute atomic E-state index is 13.0. The molecule has 2 aliphatic rings. The maximum atomic E-state index is 13.0. The minimum atomic E-state index is -4.43. The molecule has 1 aliphatic heterocycles. The fourth-order valence-electron chi connectivity index (χ4n) is 6.21. The fraction of sp³-hybridized carbons (Fsp3) is 0.433. The third kappa shape index (κ3) is 5.66. The van der Waals surface area contributed by atoms with Crippen LogP contribution in [-0.2, 0) is 21.1 Å². The number of carbonyl (C=O) groups excluding carboxylic acids is 1. The second-order valence-corrected chi connectivity index (χ2v) is 10.2. The van der Waals surface area contributed by atoms with E-state index in [2.05, 4.69) is 28.9 Å². The van der Waals surface area contributed by atoms with Gasteiger partial charge >= 0.3 is 6.18 Å². The Bertz CT molecular complexity index is 1180. The molecule has 2 fully saturated rings. The lowest BCUT2D eigenvalue weighted by atomic mass is 9.55. The van der Waals surface area contributed by atoms with Crippen LogP contribution < -0.4 is 10.1 Å². The molecule has 0 bridgehead atoms. The molecule has 0 radical (unpaired) electrons. The number of halogens is 3. The van der Waals surface area contributed by atoms with E-state index < -0.39 is 17.3 Å². The van der Waals surface area contributed by atoms with Gasteiger partial charge in [-0.2, -0.15) is 13.2 Å². The van der Waals surface area contributed by atoms with Crippen LogP contribution in [0.4, 0.5) is 13.2 Å². The van der Waals surface area contributed by atoms with E-state index in [0.29, 0.717) is 12.0 Å². The van der Waals surface area contributed by atoms with Crippen molar-refractivity contribution in [1.82, 2.24) is 10.2 Å². The zero-order valence-corrected chi connectivity index (χ0v) is 21.9. The summed E-state index contributed by atoms with van der Waals surface area (Å²) in [6.45, 7) is 6.29. The Balaban J connectivity index is 1.57. The number of benzene rings is 2. The molecule has 3 unspecified atom stereocenters. The van der Waals surface area contributed by atoms with Gasteiger partial charge in [0.05, 0.1) is 18.3 Å². The number of hydrogen-bond donors (Lipinski definition) is 1. The number of ether oxygens (including phenoxy) is 2. The fourth-order valence-corrected chi connectivity index (χ4v) is 6.21. The van der Waals surface area contributed by atoms with Gasteiger partial charge in [-0.05, 0) is 73.7 Å². The molecule has 1 aliphatic carbocycles. The van der Waals surface area contributed by atoms with Crippen LogP contribution in [0, 0.1) is 0 Å². The molecule has 0 aromatic heterocycles. The second-order valence-electron chi connectivity index (χ2n) is 10.2.